The van der Waals surface area contributed by atoms with Crippen molar-refractivity contribution in [2.75, 3.05) is 33.7 Å². The highest BCUT2D eigenvalue weighted by Gasteiger charge is 2.26. The van der Waals surface area contributed by atoms with E-state index in [9.17, 15) is 9.90 Å². The van der Waals surface area contributed by atoms with E-state index in [1.807, 2.05) is 30.8 Å². The van der Waals surface area contributed by atoms with Crippen molar-refractivity contribution < 1.29 is 9.90 Å². The molecule has 1 amide bonds. The van der Waals surface area contributed by atoms with Crippen LogP contribution in [0.15, 0.2) is 0 Å². The standard InChI is InChI=1S/C11H22N2O2/c1-11(15)5-4-7-13(8-6-11)10(14)9-12(2)3/h15H,4-9H2,1-3H3. The molecule has 0 spiro atoms. The number of likely N-dealkylation sites (tertiary alicyclic amines) is 1. The average molecular weight is 214 g/mol. The summed E-state index contributed by atoms with van der Waals surface area (Å²) in [7, 11) is 3.79. The monoisotopic (exact) mass is 214 g/mol. The fourth-order valence-corrected chi connectivity index (χ4v) is 1.88. The number of hydrogen-bond donors (Lipinski definition) is 1. The summed E-state index contributed by atoms with van der Waals surface area (Å²) in [6.07, 6.45) is 2.37. The van der Waals surface area contributed by atoms with Gasteiger partial charge in [0.1, 0.15) is 0 Å². The third-order valence-electron chi connectivity index (χ3n) is 2.87. The molecule has 1 fully saturated rings. The molecule has 1 aliphatic heterocycles. The first kappa shape index (κ1) is 12.5. The van der Waals surface area contributed by atoms with Gasteiger partial charge in [0.25, 0.3) is 0 Å². The molecule has 0 aromatic carbocycles. The van der Waals surface area contributed by atoms with Crippen molar-refractivity contribution in [3.63, 3.8) is 0 Å². The Balaban J connectivity index is 2.47. The van der Waals surface area contributed by atoms with E-state index in [-0.39, 0.29) is 5.91 Å². The molecular weight excluding hydrogens is 192 g/mol. The molecule has 88 valence electrons. The molecular formula is C11H22N2O2. The van der Waals surface area contributed by atoms with Gasteiger partial charge in [-0.25, -0.2) is 0 Å². The number of rotatable bonds is 2. The van der Waals surface area contributed by atoms with Crippen LogP contribution in [0, 0.1) is 0 Å². The van der Waals surface area contributed by atoms with Gasteiger partial charge >= 0.3 is 0 Å². The van der Waals surface area contributed by atoms with Crippen LogP contribution in [0.2, 0.25) is 0 Å². The highest BCUT2D eigenvalue weighted by Crippen LogP contribution is 2.21. The van der Waals surface area contributed by atoms with E-state index in [4.69, 9.17) is 0 Å². The number of nitrogens with zero attached hydrogens (tertiary/aromatic N) is 2. The lowest BCUT2D eigenvalue weighted by Crippen LogP contribution is -2.39. The van der Waals surface area contributed by atoms with Crippen LogP contribution in [0.1, 0.15) is 26.2 Å². The zero-order valence-electron chi connectivity index (χ0n) is 9.99. The van der Waals surface area contributed by atoms with Crippen LogP contribution < -0.4 is 0 Å². The molecule has 0 radical (unpaired) electrons. The molecule has 1 aliphatic rings. The average Bonchev–Trinajstić information content (AvgIpc) is 2.25. The summed E-state index contributed by atoms with van der Waals surface area (Å²) < 4.78 is 0. The quantitative estimate of drug-likeness (QED) is 0.719. The van der Waals surface area contributed by atoms with Crippen molar-refractivity contribution in [1.82, 2.24) is 9.80 Å². The van der Waals surface area contributed by atoms with E-state index in [0.29, 0.717) is 19.5 Å². The topological polar surface area (TPSA) is 43.8 Å². The minimum absolute atomic E-state index is 0.165. The largest absolute Gasteiger partial charge is 0.390 e. The molecule has 1 heterocycles. The zero-order valence-corrected chi connectivity index (χ0v) is 9.99. The molecule has 4 nitrogen and oxygen atoms in total. The summed E-state index contributed by atoms with van der Waals surface area (Å²) in [4.78, 5) is 15.5. The number of amides is 1. The van der Waals surface area contributed by atoms with Gasteiger partial charge < -0.3 is 14.9 Å². The molecule has 1 saturated heterocycles. The number of aliphatic hydroxyl groups is 1. The van der Waals surface area contributed by atoms with Gasteiger partial charge in [-0.2, -0.15) is 0 Å². The number of carbonyl (C=O) groups excluding carboxylic acids is 1. The predicted molar refractivity (Wildman–Crippen MR) is 59.6 cm³/mol. The van der Waals surface area contributed by atoms with Gasteiger partial charge in [-0.15, -0.1) is 0 Å². The fourth-order valence-electron chi connectivity index (χ4n) is 1.88. The Morgan fingerprint density at radius 2 is 2.07 bits per heavy atom. The van der Waals surface area contributed by atoms with E-state index in [2.05, 4.69) is 0 Å². The lowest BCUT2D eigenvalue weighted by Gasteiger charge is -2.23. The molecule has 0 aliphatic carbocycles. The Labute approximate surface area is 91.9 Å². The van der Waals surface area contributed by atoms with Crippen LogP contribution in [0.5, 0.6) is 0 Å². The highest BCUT2D eigenvalue weighted by atomic mass is 16.3. The van der Waals surface area contributed by atoms with Crippen LogP contribution in [0.25, 0.3) is 0 Å². The number of carbonyl (C=O) groups is 1. The van der Waals surface area contributed by atoms with E-state index < -0.39 is 5.60 Å². The van der Waals surface area contributed by atoms with Gasteiger partial charge in [0.2, 0.25) is 5.91 Å². The van der Waals surface area contributed by atoms with E-state index >= 15 is 0 Å². The Morgan fingerprint density at radius 3 is 2.67 bits per heavy atom. The van der Waals surface area contributed by atoms with Gasteiger partial charge in [0, 0.05) is 13.1 Å². The van der Waals surface area contributed by atoms with E-state index in [1.54, 1.807) is 0 Å². The molecule has 0 aromatic rings. The summed E-state index contributed by atoms with van der Waals surface area (Å²) in [5.41, 5.74) is -0.590. The first-order valence-electron chi connectivity index (χ1n) is 5.56. The van der Waals surface area contributed by atoms with E-state index in [1.165, 1.54) is 0 Å². The molecule has 4 heteroatoms. The lowest BCUT2D eigenvalue weighted by molar-refractivity contribution is -0.131. The van der Waals surface area contributed by atoms with Crippen LogP contribution in [-0.4, -0.2) is 60.1 Å². The maximum Gasteiger partial charge on any atom is 0.236 e. The molecule has 1 N–H and O–H groups in total. The van der Waals surface area contributed by atoms with Gasteiger partial charge in [0.15, 0.2) is 0 Å². The van der Waals surface area contributed by atoms with Gasteiger partial charge in [0.05, 0.1) is 12.1 Å². The smallest absolute Gasteiger partial charge is 0.236 e. The van der Waals surface area contributed by atoms with Gasteiger partial charge in [-0.3, -0.25) is 4.79 Å². The Morgan fingerprint density at radius 1 is 1.40 bits per heavy atom. The normalized spacial score (nSPS) is 27.9. The second-order valence-electron chi connectivity index (χ2n) is 4.97. The van der Waals surface area contributed by atoms with Crippen LogP contribution in [0.4, 0.5) is 0 Å². The second-order valence-corrected chi connectivity index (χ2v) is 4.97. The molecule has 1 unspecified atom stereocenters. The molecule has 1 atom stereocenters. The predicted octanol–water partition coefficient (Wildman–Crippen LogP) is 0.311. The summed E-state index contributed by atoms with van der Waals surface area (Å²) in [6.45, 7) is 3.78. The van der Waals surface area contributed by atoms with Gasteiger partial charge in [-0.1, -0.05) is 0 Å². The maximum atomic E-state index is 11.8. The molecule has 0 saturated carbocycles. The Hall–Kier alpha value is -0.610. The van der Waals surface area contributed by atoms with Crippen molar-refractivity contribution in [1.29, 1.82) is 0 Å². The Bertz CT molecular complexity index is 227. The van der Waals surface area contributed by atoms with E-state index in [0.717, 1.165) is 19.4 Å². The molecule has 0 aromatic heterocycles. The fraction of sp³-hybridized carbons (Fsp3) is 0.909. The summed E-state index contributed by atoms with van der Waals surface area (Å²) in [5, 5.41) is 9.89. The van der Waals surface area contributed by atoms with Crippen molar-refractivity contribution in [3.8, 4) is 0 Å². The third-order valence-corrected chi connectivity index (χ3v) is 2.87. The summed E-state index contributed by atoms with van der Waals surface area (Å²) in [5.74, 6) is 0.165. The Kier molecular flexibility index (Phi) is 4.11. The summed E-state index contributed by atoms with van der Waals surface area (Å²) in [6, 6.07) is 0. The van der Waals surface area contributed by atoms with Crippen molar-refractivity contribution in [3.05, 3.63) is 0 Å². The van der Waals surface area contributed by atoms with Crippen molar-refractivity contribution >= 4 is 5.91 Å². The number of hydrogen-bond acceptors (Lipinski definition) is 3. The number of likely N-dealkylation sites (N-methyl/N-ethyl adjacent to an activating group) is 1. The van der Waals surface area contributed by atoms with Crippen molar-refractivity contribution in [2.24, 2.45) is 0 Å². The zero-order chi connectivity index (χ0) is 11.5. The second kappa shape index (κ2) is 4.94. The molecule has 0 bridgehead atoms. The summed E-state index contributed by atoms with van der Waals surface area (Å²) >= 11 is 0. The van der Waals surface area contributed by atoms with Crippen LogP contribution in [-0.2, 0) is 4.79 Å². The van der Waals surface area contributed by atoms with Gasteiger partial charge in [-0.05, 0) is 40.3 Å². The molecule has 15 heavy (non-hydrogen) atoms. The first-order chi connectivity index (χ1) is 6.91. The first-order valence-corrected chi connectivity index (χ1v) is 5.56. The highest BCUT2D eigenvalue weighted by molar-refractivity contribution is 5.78. The third kappa shape index (κ3) is 4.18. The lowest BCUT2D eigenvalue weighted by atomic mass is 9.98. The minimum atomic E-state index is -0.590. The van der Waals surface area contributed by atoms with Crippen LogP contribution in [0.3, 0.4) is 0 Å². The SMILES string of the molecule is CN(C)CC(=O)N1CCCC(C)(O)CC1. The minimum Gasteiger partial charge on any atom is -0.390 e. The molecule has 1 rings (SSSR count). The van der Waals surface area contributed by atoms with Crippen LogP contribution >= 0.6 is 0 Å². The van der Waals surface area contributed by atoms with Crippen molar-refractivity contribution in [2.45, 2.75) is 31.8 Å². The maximum absolute atomic E-state index is 11.8.